The van der Waals surface area contributed by atoms with E-state index in [-0.39, 0.29) is 5.97 Å². The van der Waals surface area contributed by atoms with Crippen LogP contribution in [0.5, 0.6) is 5.75 Å². The van der Waals surface area contributed by atoms with E-state index < -0.39 is 0 Å². The average molecular weight is 477 g/mol. The third kappa shape index (κ3) is 12.5. The molecule has 0 aliphatic rings. The van der Waals surface area contributed by atoms with Crippen molar-refractivity contribution < 1.29 is 14.3 Å². The molecular formula is C32H44O3. The maximum atomic E-state index is 12.2. The third-order valence-electron chi connectivity index (χ3n) is 6.36. The summed E-state index contributed by atoms with van der Waals surface area (Å²) in [7, 11) is 0. The van der Waals surface area contributed by atoms with Crippen LogP contribution in [0.2, 0.25) is 0 Å². The van der Waals surface area contributed by atoms with Gasteiger partial charge < -0.3 is 9.47 Å². The number of ether oxygens (including phenoxy) is 2. The fourth-order valence-corrected chi connectivity index (χ4v) is 3.78. The summed E-state index contributed by atoms with van der Waals surface area (Å²) in [6.45, 7) is 7.91. The molecule has 0 radical (unpaired) electrons. The van der Waals surface area contributed by atoms with E-state index in [9.17, 15) is 4.79 Å². The van der Waals surface area contributed by atoms with E-state index in [1.807, 2.05) is 36.4 Å². The van der Waals surface area contributed by atoms with E-state index in [1.54, 1.807) is 12.1 Å². The summed E-state index contributed by atoms with van der Waals surface area (Å²) < 4.78 is 11.2. The van der Waals surface area contributed by atoms with Gasteiger partial charge in [-0.3, -0.25) is 0 Å². The second-order valence-electron chi connectivity index (χ2n) is 9.47. The Balaban J connectivity index is 1.68. The molecule has 2 rings (SSSR count). The molecule has 0 aromatic heterocycles. The molecule has 3 nitrogen and oxygen atoms in total. The molecule has 0 saturated heterocycles. The largest absolute Gasteiger partial charge is 0.494 e. The molecule has 0 bridgehead atoms. The number of rotatable bonds is 16. The van der Waals surface area contributed by atoms with Crippen LogP contribution in [0.1, 0.15) is 113 Å². The summed E-state index contributed by atoms with van der Waals surface area (Å²) >= 11 is 0. The summed E-state index contributed by atoms with van der Waals surface area (Å²) in [6, 6.07) is 15.2. The lowest BCUT2D eigenvalue weighted by Gasteiger charge is -2.08. The molecule has 190 valence electrons. The fourth-order valence-electron chi connectivity index (χ4n) is 3.78. The van der Waals surface area contributed by atoms with Gasteiger partial charge in [-0.25, -0.2) is 4.79 Å². The lowest BCUT2D eigenvalue weighted by molar-refractivity contribution is 0.0494. The van der Waals surface area contributed by atoms with Gasteiger partial charge in [0.05, 0.1) is 18.8 Å². The number of carbonyl (C=O) groups excluding carboxylic acids is 1. The van der Waals surface area contributed by atoms with E-state index in [2.05, 4.69) is 32.6 Å². The van der Waals surface area contributed by atoms with Crippen LogP contribution in [0.4, 0.5) is 0 Å². The topological polar surface area (TPSA) is 35.5 Å². The van der Waals surface area contributed by atoms with Gasteiger partial charge in [0.1, 0.15) is 5.75 Å². The number of unbranched alkanes of at least 4 members (excludes halogenated alkanes) is 7. The van der Waals surface area contributed by atoms with E-state index in [4.69, 9.17) is 9.47 Å². The molecule has 0 spiro atoms. The minimum absolute atomic E-state index is 0.267. The highest BCUT2D eigenvalue weighted by Crippen LogP contribution is 2.14. The Labute approximate surface area is 213 Å². The number of hydrogen-bond donors (Lipinski definition) is 0. The first kappa shape index (κ1) is 28.5. The van der Waals surface area contributed by atoms with Crippen LogP contribution in [-0.2, 0) is 4.74 Å². The van der Waals surface area contributed by atoms with Gasteiger partial charge in [0, 0.05) is 11.1 Å². The number of benzene rings is 2. The van der Waals surface area contributed by atoms with Crippen LogP contribution >= 0.6 is 0 Å². The van der Waals surface area contributed by atoms with Crippen LogP contribution in [0.3, 0.4) is 0 Å². The van der Waals surface area contributed by atoms with E-state index in [0.717, 1.165) is 49.2 Å². The molecule has 1 unspecified atom stereocenters. The van der Waals surface area contributed by atoms with Gasteiger partial charge in [-0.1, -0.05) is 84.0 Å². The smallest absolute Gasteiger partial charge is 0.338 e. The minimum atomic E-state index is -0.267. The van der Waals surface area contributed by atoms with Crippen LogP contribution in [0.25, 0.3) is 0 Å². The first-order valence-corrected chi connectivity index (χ1v) is 13.6. The maximum absolute atomic E-state index is 12.2. The Hall–Kier alpha value is -2.73. The van der Waals surface area contributed by atoms with E-state index in [0.29, 0.717) is 18.1 Å². The van der Waals surface area contributed by atoms with Crippen molar-refractivity contribution in [3.05, 3.63) is 65.2 Å². The van der Waals surface area contributed by atoms with Crippen LogP contribution in [-0.4, -0.2) is 19.2 Å². The standard InChI is InChI=1S/C32H44O3/c1-4-6-7-8-9-10-11-12-25-34-31-23-19-29(20-24-31)16-15-28-17-21-30(22-18-28)32(33)35-26-13-14-27(3)5-2/h17-24,27H,4-14,25-26H2,1-3H3. The molecule has 2 aromatic rings. The molecular weight excluding hydrogens is 432 g/mol. The second kappa shape index (κ2) is 17.7. The zero-order valence-electron chi connectivity index (χ0n) is 22.1. The second-order valence-corrected chi connectivity index (χ2v) is 9.47. The number of hydrogen-bond acceptors (Lipinski definition) is 3. The van der Waals surface area contributed by atoms with Crippen molar-refractivity contribution in [3.63, 3.8) is 0 Å². The van der Waals surface area contributed by atoms with Crippen molar-refractivity contribution in [1.82, 2.24) is 0 Å². The zero-order chi connectivity index (χ0) is 25.1. The summed E-state index contributed by atoms with van der Waals surface area (Å²) in [5.41, 5.74) is 2.37. The van der Waals surface area contributed by atoms with Crippen molar-refractivity contribution in [2.24, 2.45) is 5.92 Å². The lowest BCUT2D eigenvalue weighted by atomic mass is 10.0. The molecule has 0 heterocycles. The van der Waals surface area contributed by atoms with Gasteiger partial charge in [0.2, 0.25) is 0 Å². The average Bonchev–Trinajstić information content (AvgIpc) is 2.89. The number of carbonyl (C=O) groups is 1. The van der Waals surface area contributed by atoms with Crippen molar-refractivity contribution >= 4 is 5.97 Å². The summed E-state index contributed by atoms with van der Waals surface area (Å²) in [4.78, 5) is 12.2. The Morgan fingerprint density at radius 2 is 1.31 bits per heavy atom. The van der Waals surface area contributed by atoms with Crippen molar-refractivity contribution in [3.8, 4) is 17.6 Å². The molecule has 0 amide bonds. The molecule has 0 fully saturated rings. The van der Waals surface area contributed by atoms with E-state index in [1.165, 1.54) is 44.9 Å². The van der Waals surface area contributed by atoms with Gasteiger partial charge in [0.25, 0.3) is 0 Å². The Kier molecular flexibility index (Phi) is 14.4. The molecule has 1 atom stereocenters. The van der Waals surface area contributed by atoms with Gasteiger partial charge in [-0.05, 0) is 73.7 Å². The minimum Gasteiger partial charge on any atom is -0.494 e. The SMILES string of the molecule is CCCCCCCCCCOc1ccc(C#Cc2ccc(C(=O)OCCCC(C)CC)cc2)cc1. The molecule has 0 aliphatic heterocycles. The molecule has 35 heavy (non-hydrogen) atoms. The molecule has 2 aromatic carbocycles. The van der Waals surface area contributed by atoms with E-state index >= 15 is 0 Å². The van der Waals surface area contributed by atoms with Gasteiger partial charge in [-0.2, -0.15) is 0 Å². The monoisotopic (exact) mass is 476 g/mol. The highest BCUT2D eigenvalue weighted by Gasteiger charge is 2.07. The highest BCUT2D eigenvalue weighted by atomic mass is 16.5. The third-order valence-corrected chi connectivity index (χ3v) is 6.36. The van der Waals surface area contributed by atoms with Crippen LogP contribution < -0.4 is 4.74 Å². The maximum Gasteiger partial charge on any atom is 0.338 e. The lowest BCUT2D eigenvalue weighted by Crippen LogP contribution is -2.07. The zero-order valence-corrected chi connectivity index (χ0v) is 22.1. The Bertz CT molecular complexity index is 887. The van der Waals surface area contributed by atoms with Crippen molar-refractivity contribution in [1.29, 1.82) is 0 Å². The summed E-state index contributed by atoms with van der Waals surface area (Å²) in [5.74, 6) is 7.64. The normalized spacial score (nSPS) is 11.4. The summed E-state index contributed by atoms with van der Waals surface area (Å²) in [6.07, 6.45) is 13.6. The van der Waals surface area contributed by atoms with Crippen molar-refractivity contribution in [2.45, 2.75) is 91.4 Å². The predicted octanol–water partition coefficient (Wildman–Crippen LogP) is 8.59. The van der Waals surface area contributed by atoms with Crippen LogP contribution in [0.15, 0.2) is 48.5 Å². The predicted molar refractivity (Wildman–Crippen MR) is 146 cm³/mol. The Morgan fingerprint density at radius 1 is 0.743 bits per heavy atom. The quantitative estimate of drug-likeness (QED) is 0.138. The molecule has 0 saturated carbocycles. The Morgan fingerprint density at radius 3 is 1.91 bits per heavy atom. The summed E-state index contributed by atoms with van der Waals surface area (Å²) in [5, 5.41) is 0. The van der Waals surface area contributed by atoms with Gasteiger partial charge >= 0.3 is 5.97 Å². The fraction of sp³-hybridized carbons (Fsp3) is 0.531. The highest BCUT2D eigenvalue weighted by molar-refractivity contribution is 5.89. The first-order chi connectivity index (χ1) is 17.1. The van der Waals surface area contributed by atoms with Gasteiger partial charge in [-0.15, -0.1) is 0 Å². The molecule has 3 heteroatoms. The number of esters is 1. The van der Waals surface area contributed by atoms with Gasteiger partial charge in [0.15, 0.2) is 0 Å². The molecule has 0 aliphatic carbocycles. The molecule has 0 N–H and O–H groups in total. The van der Waals surface area contributed by atoms with Crippen LogP contribution in [0, 0.1) is 17.8 Å². The first-order valence-electron chi connectivity index (χ1n) is 13.6. The van der Waals surface area contributed by atoms with Crippen molar-refractivity contribution in [2.75, 3.05) is 13.2 Å².